The van der Waals surface area contributed by atoms with Crippen LogP contribution in [0.1, 0.15) is 23.2 Å². The Bertz CT molecular complexity index is 606. The molecule has 3 rings (SSSR count). The van der Waals surface area contributed by atoms with Gasteiger partial charge in [0, 0.05) is 32.4 Å². The Morgan fingerprint density at radius 1 is 1.32 bits per heavy atom. The number of aromatic nitrogens is 5. The lowest BCUT2D eigenvalue weighted by molar-refractivity contribution is 0.0901. The number of hydrogen-bond acceptors (Lipinski definition) is 5. The second-order valence-electron chi connectivity index (χ2n) is 5.64. The minimum atomic E-state index is -0.0475. The maximum atomic E-state index is 12.2. The molecule has 1 atom stereocenters. The number of carbonyl (C=O) groups is 1. The molecule has 2 aromatic heterocycles. The molecular weight excluding hydrogens is 282 g/mol. The van der Waals surface area contributed by atoms with Gasteiger partial charge >= 0.3 is 0 Å². The van der Waals surface area contributed by atoms with E-state index in [0.29, 0.717) is 5.56 Å². The summed E-state index contributed by atoms with van der Waals surface area (Å²) in [6, 6.07) is 0.187. The van der Waals surface area contributed by atoms with Gasteiger partial charge in [0.1, 0.15) is 0 Å². The molecular formula is C14H21N7O. The van der Waals surface area contributed by atoms with Crippen LogP contribution in [0.25, 0.3) is 0 Å². The predicted octanol–water partition coefficient (Wildman–Crippen LogP) is -0.0940. The SMILES string of the molecule is Cn1cc(C(=O)NC2CCCN(CCn3nccn3)C2)cn1. The molecule has 1 unspecified atom stereocenters. The topological polar surface area (TPSA) is 80.9 Å². The molecule has 1 N–H and O–H groups in total. The third-order valence-corrected chi connectivity index (χ3v) is 3.89. The smallest absolute Gasteiger partial charge is 0.254 e. The van der Waals surface area contributed by atoms with E-state index in [-0.39, 0.29) is 11.9 Å². The molecule has 3 heterocycles. The number of nitrogens with zero attached hydrogens (tertiary/aromatic N) is 6. The molecule has 0 spiro atoms. The summed E-state index contributed by atoms with van der Waals surface area (Å²) >= 11 is 0. The van der Waals surface area contributed by atoms with Gasteiger partial charge in [0.25, 0.3) is 5.91 Å². The molecule has 2 aromatic rings. The molecule has 22 heavy (non-hydrogen) atoms. The van der Waals surface area contributed by atoms with Crippen LogP contribution in [0.15, 0.2) is 24.8 Å². The molecule has 0 aliphatic carbocycles. The van der Waals surface area contributed by atoms with Crippen LogP contribution in [-0.2, 0) is 13.6 Å². The van der Waals surface area contributed by atoms with E-state index in [1.54, 1.807) is 34.3 Å². The average Bonchev–Trinajstić information content (AvgIpc) is 3.17. The van der Waals surface area contributed by atoms with Gasteiger partial charge in [-0.2, -0.15) is 20.1 Å². The first kappa shape index (κ1) is 14.7. The second-order valence-corrected chi connectivity index (χ2v) is 5.64. The summed E-state index contributed by atoms with van der Waals surface area (Å²) in [4.78, 5) is 16.2. The standard InChI is InChI=1S/C14H21N7O/c1-19-10-12(9-17-19)14(22)18-13-3-2-6-20(11-13)7-8-21-15-4-5-16-21/h4-5,9-10,13H,2-3,6-8,11H2,1H3,(H,18,22). The van der Waals surface area contributed by atoms with Crippen LogP contribution >= 0.6 is 0 Å². The number of hydrogen-bond donors (Lipinski definition) is 1. The highest BCUT2D eigenvalue weighted by Crippen LogP contribution is 2.11. The number of nitrogens with one attached hydrogen (secondary N) is 1. The Labute approximate surface area is 129 Å². The summed E-state index contributed by atoms with van der Waals surface area (Å²) in [6.45, 7) is 3.60. The quantitative estimate of drug-likeness (QED) is 0.834. The molecule has 1 aliphatic rings. The normalized spacial score (nSPS) is 19.2. The average molecular weight is 303 g/mol. The third-order valence-electron chi connectivity index (χ3n) is 3.89. The molecule has 1 saturated heterocycles. The van der Waals surface area contributed by atoms with Crippen molar-refractivity contribution >= 4 is 5.91 Å². The lowest BCUT2D eigenvalue weighted by atomic mass is 10.1. The molecule has 8 nitrogen and oxygen atoms in total. The Morgan fingerprint density at radius 3 is 2.86 bits per heavy atom. The number of rotatable bonds is 5. The highest BCUT2D eigenvalue weighted by molar-refractivity contribution is 5.93. The fourth-order valence-corrected chi connectivity index (χ4v) is 2.77. The van der Waals surface area contributed by atoms with Crippen molar-refractivity contribution in [3.05, 3.63) is 30.4 Å². The maximum Gasteiger partial charge on any atom is 0.254 e. The van der Waals surface area contributed by atoms with Crippen LogP contribution in [0.5, 0.6) is 0 Å². The van der Waals surface area contributed by atoms with E-state index in [2.05, 4.69) is 25.5 Å². The van der Waals surface area contributed by atoms with Gasteiger partial charge in [0.15, 0.2) is 0 Å². The van der Waals surface area contributed by atoms with Gasteiger partial charge in [-0.15, -0.1) is 0 Å². The lowest BCUT2D eigenvalue weighted by Gasteiger charge is -2.32. The largest absolute Gasteiger partial charge is 0.348 e. The fourth-order valence-electron chi connectivity index (χ4n) is 2.77. The van der Waals surface area contributed by atoms with Gasteiger partial charge in [0.2, 0.25) is 0 Å². The van der Waals surface area contributed by atoms with E-state index in [1.807, 2.05) is 7.05 Å². The second kappa shape index (κ2) is 6.69. The van der Waals surface area contributed by atoms with Crippen molar-refractivity contribution in [3.63, 3.8) is 0 Å². The van der Waals surface area contributed by atoms with Crippen LogP contribution in [-0.4, -0.2) is 61.3 Å². The lowest BCUT2D eigenvalue weighted by Crippen LogP contribution is -2.48. The number of likely N-dealkylation sites (tertiary alicyclic amines) is 1. The van der Waals surface area contributed by atoms with Gasteiger partial charge in [-0.05, 0) is 19.4 Å². The molecule has 0 aromatic carbocycles. The van der Waals surface area contributed by atoms with E-state index in [1.165, 1.54) is 0 Å². The van der Waals surface area contributed by atoms with Crippen molar-refractivity contribution in [2.75, 3.05) is 19.6 Å². The van der Waals surface area contributed by atoms with Crippen molar-refractivity contribution in [1.29, 1.82) is 0 Å². The van der Waals surface area contributed by atoms with E-state index in [9.17, 15) is 4.79 Å². The van der Waals surface area contributed by atoms with Gasteiger partial charge in [-0.3, -0.25) is 14.4 Å². The number of piperidine rings is 1. The maximum absolute atomic E-state index is 12.2. The van der Waals surface area contributed by atoms with E-state index in [4.69, 9.17) is 0 Å². The van der Waals surface area contributed by atoms with Gasteiger partial charge in [0.05, 0.1) is 30.7 Å². The molecule has 0 bridgehead atoms. The minimum absolute atomic E-state index is 0.0475. The van der Waals surface area contributed by atoms with E-state index < -0.39 is 0 Å². The van der Waals surface area contributed by atoms with Crippen LogP contribution in [0.3, 0.4) is 0 Å². The zero-order valence-corrected chi connectivity index (χ0v) is 12.7. The summed E-state index contributed by atoms with van der Waals surface area (Å²) in [6.07, 6.45) is 8.81. The third kappa shape index (κ3) is 3.70. The molecule has 1 amide bonds. The van der Waals surface area contributed by atoms with Crippen molar-refractivity contribution in [1.82, 2.24) is 35.0 Å². The van der Waals surface area contributed by atoms with Gasteiger partial charge in [-0.25, -0.2) is 0 Å². The Kier molecular flexibility index (Phi) is 4.47. The number of aryl methyl sites for hydroxylation is 1. The first-order valence-corrected chi connectivity index (χ1v) is 7.56. The highest BCUT2D eigenvalue weighted by atomic mass is 16.1. The summed E-state index contributed by atoms with van der Waals surface area (Å²) in [5.41, 5.74) is 0.611. The first-order valence-electron chi connectivity index (χ1n) is 7.56. The number of carbonyl (C=O) groups excluding carboxylic acids is 1. The van der Waals surface area contributed by atoms with Crippen molar-refractivity contribution < 1.29 is 4.79 Å². The molecule has 0 saturated carbocycles. The van der Waals surface area contributed by atoms with Gasteiger partial charge < -0.3 is 5.32 Å². The first-order chi connectivity index (χ1) is 10.7. The summed E-state index contributed by atoms with van der Waals surface area (Å²) in [5, 5.41) is 15.4. The van der Waals surface area contributed by atoms with Crippen molar-refractivity contribution in [2.45, 2.75) is 25.4 Å². The van der Waals surface area contributed by atoms with Crippen molar-refractivity contribution in [2.24, 2.45) is 7.05 Å². The summed E-state index contributed by atoms with van der Waals surface area (Å²) < 4.78 is 1.64. The molecule has 0 radical (unpaired) electrons. The van der Waals surface area contributed by atoms with Crippen LogP contribution in [0, 0.1) is 0 Å². The Balaban J connectivity index is 1.48. The van der Waals surface area contributed by atoms with Gasteiger partial charge in [-0.1, -0.05) is 0 Å². The monoisotopic (exact) mass is 303 g/mol. The van der Waals surface area contributed by atoms with Crippen LogP contribution in [0.2, 0.25) is 0 Å². The Morgan fingerprint density at radius 2 is 2.14 bits per heavy atom. The zero-order chi connectivity index (χ0) is 15.4. The summed E-state index contributed by atoms with van der Waals surface area (Å²) in [5.74, 6) is -0.0475. The fraction of sp³-hybridized carbons (Fsp3) is 0.571. The van der Waals surface area contributed by atoms with Crippen molar-refractivity contribution in [3.8, 4) is 0 Å². The minimum Gasteiger partial charge on any atom is -0.348 e. The molecule has 1 fully saturated rings. The van der Waals surface area contributed by atoms with Crippen LogP contribution in [0.4, 0.5) is 0 Å². The Hall–Kier alpha value is -2.22. The predicted molar refractivity (Wildman–Crippen MR) is 80.2 cm³/mol. The molecule has 1 aliphatic heterocycles. The summed E-state index contributed by atoms with van der Waals surface area (Å²) in [7, 11) is 1.81. The van der Waals surface area contributed by atoms with E-state index >= 15 is 0 Å². The molecule has 118 valence electrons. The van der Waals surface area contributed by atoms with Crippen LogP contribution < -0.4 is 5.32 Å². The molecule has 8 heteroatoms. The highest BCUT2D eigenvalue weighted by Gasteiger charge is 2.22. The zero-order valence-electron chi connectivity index (χ0n) is 12.7. The number of amides is 1. The van der Waals surface area contributed by atoms with E-state index in [0.717, 1.165) is 39.0 Å².